The molecule has 19 heavy (non-hydrogen) atoms. The number of nitriles is 1. The van der Waals surface area contributed by atoms with Gasteiger partial charge in [0.2, 0.25) is 5.88 Å². The second kappa shape index (κ2) is 6.41. The van der Waals surface area contributed by atoms with Gasteiger partial charge in [-0.3, -0.25) is 0 Å². The normalized spacial score (nSPS) is 9.68. The van der Waals surface area contributed by atoms with Crippen LogP contribution >= 0.6 is 0 Å². The molecule has 0 atom stereocenters. The summed E-state index contributed by atoms with van der Waals surface area (Å²) in [6.45, 7) is 3.15. The zero-order valence-corrected chi connectivity index (χ0v) is 10.8. The summed E-state index contributed by atoms with van der Waals surface area (Å²) in [5.74, 6) is 1.37. The Morgan fingerprint density at radius 2 is 2.11 bits per heavy atom. The number of nitrogens with zero attached hydrogens (tertiary/aromatic N) is 2. The lowest BCUT2D eigenvalue weighted by Gasteiger charge is -2.08. The van der Waals surface area contributed by atoms with E-state index in [9.17, 15) is 0 Å². The molecule has 2 aromatic rings. The van der Waals surface area contributed by atoms with Crippen LogP contribution in [0.1, 0.15) is 18.1 Å². The van der Waals surface area contributed by atoms with Crippen LogP contribution in [-0.2, 0) is 6.54 Å². The van der Waals surface area contributed by atoms with E-state index in [-0.39, 0.29) is 0 Å². The molecule has 4 heteroatoms. The number of anilines is 1. The molecule has 0 radical (unpaired) electrons. The van der Waals surface area contributed by atoms with Gasteiger partial charge in [-0.2, -0.15) is 10.2 Å². The van der Waals surface area contributed by atoms with Gasteiger partial charge in [0.1, 0.15) is 5.82 Å². The first-order valence-corrected chi connectivity index (χ1v) is 6.14. The number of pyridine rings is 1. The molecule has 1 N–H and O–H groups in total. The quantitative estimate of drug-likeness (QED) is 0.890. The Kier molecular flexibility index (Phi) is 4.35. The lowest BCUT2D eigenvalue weighted by atomic mass is 10.1. The van der Waals surface area contributed by atoms with Crippen molar-refractivity contribution in [3.63, 3.8) is 0 Å². The first-order chi connectivity index (χ1) is 9.31. The van der Waals surface area contributed by atoms with E-state index in [1.54, 1.807) is 6.07 Å². The summed E-state index contributed by atoms with van der Waals surface area (Å²) in [7, 11) is 0. The smallest absolute Gasteiger partial charge is 0.215 e. The van der Waals surface area contributed by atoms with Crippen LogP contribution < -0.4 is 10.1 Å². The lowest BCUT2D eigenvalue weighted by Crippen LogP contribution is -2.03. The molecule has 1 aromatic carbocycles. The van der Waals surface area contributed by atoms with Crippen LogP contribution in [0.2, 0.25) is 0 Å². The molecule has 0 spiro atoms. The Hall–Kier alpha value is -2.54. The standard InChI is InChI=1S/C15H15N3O/c1-2-19-15-8-4-7-14(18-15)17-11-13-6-3-5-12(9-13)10-16/h3-9H,2,11H2,1H3,(H,17,18). The summed E-state index contributed by atoms with van der Waals surface area (Å²) in [6, 6.07) is 15.2. The molecule has 0 fully saturated rings. The van der Waals surface area contributed by atoms with Gasteiger partial charge in [-0.15, -0.1) is 0 Å². The van der Waals surface area contributed by atoms with Crippen molar-refractivity contribution in [2.75, 3.05) is 11.9 Å². The molecular weight excluding hydrogens is 238 g/mol. The third kappa shape index (κ3) is 3.71. The fourth-order valence-corrected chi connectivity index (χ4v) is 1.69. The minimum Gasteiger partial charge on any atom is -0.478 e. The second-order valence-corrected chi connectivity index (χ2v) is 3.96. The van der Waals surface area contributed by atoms with Crippen molar-refractivity contribution in [2.45, 2.75) is 13.5 Å². The van der Waals surface area contributed by atoms with Crippen molar-refractivity contribution < 1.29 is 4.74 Å². The van der Waals surface area contributed by atoms with Gasteiger partial charge in [0.05, 0.1) is 18.2 Å². The largest absolute Gasteiger partial charge is 0.478 e. The highest BCUT2D eigenvalue weighted by atomic mass is 16.5. The number of nitrogens with one attached hydrogen (secondary N) is 1. The molecule has 0 aliphatic carbocycles. The van der Waals surface area contributed by atoms with Gasteiger partial charge < -0.3 is 10.1 Å². The molecule has 0 aliphatic rings. The molecule has 0 unspecified atom stereocenters. The summed E-state index contributed by atoms with van der Waals surface area (Å²) in [5.41, 5.74) is 1.71. The van der Waals surface area contributed by atoms with Crippen LogP contribution in [0.15, 0.2) is 42.5 Å². The molecule has 4 nitrogen and oxygen atoms in total. The van der Waals surface area contributed by atoms with Crippen LogP contribution in [0.4, 0.5) is 5.82 Å². The average molecular weight is 253 g/mol. The average Bonchev–Trinajstić information content (AvgIpc) is 2.46. The zero-order chi connectivity index (χ0) is 13.5. The van der Waals surface area contributed by atoms with Crippen molar-refractivity contribution in [1.29, 1.82) is 5.26 Å². The third-order valence-corrected chi connectivity index (χ3v) is 2.55. The maximum Gasteiger partial charge on any atom is 0.215 e. The van der Waals surface area contributed by atoms with Crippen molar-refractivity contribution in [1.82, 2.24) is 4.98 Å². The molecule has 1 heterocycles. The van der Waals surface area contributed by atoms with E-state index in [4.69, 9.17) is 10.00 Å². The molecule has 0 bridgehead atoms. The predicted molar refractivity (Wildman–Crippen MR) is 73.9 cm³/mol. The Morgan fingerprint density at radius 3 is 2.89 bits per heavy atom. The lowest BCUT2D eigenvalue weighted by molar-refractivity contribution is 0.327. The van der Waals surface area contributed by atoms with E-state index in [1.165, 1.54) is 0 Å². The van der Waals surface area contributed by atoms with Gasteiger partial charge in [0.15, 0.2) is 0 Å². The molecule has 0 saturated heterocycles. The first-order valence-electron chi connectivity index (χ1n) is 6.14. The van der Waals surface area contributed by atoms with Crippen molar-refractivity contribution >= 4 is 5.82 Å². The maximum atomic E-state index is 8.84. The summed E-state index contributed by atoms with van der Waals surface area (Å²) < 4.78 is 5.34. The number of aromatic nitrogens is 1. The highest BCUT2D eigenvalue weighted by Gasteiger charge is 1.99. The number of ether oxygens (including phenoxy) is 1. The molecule has 2 rings (SSSR count). The van der Waals surface area contributed by atoms with Gasteiger partial charge in [-0.05, 0) is 30.7 Å². The number of hydrogen-bond donors (Lipinski definition) is 1. The first kappa shape index (κ1) is 12.9. The second-order valence-electron chi connectivity index (χ2n) is 3.96. The van der Waals surface area contributed by atoms with Crippen LogP contribution in [0.3, 0.4) is 0 Å². The number of hydrogen-bond acceptors (Lipinski definition) is 4. The van der Waals surface area contributed by atoms with Crippen molar-refractivity contribution in [3.8, 4) is 11.9 Å². The van der Waals surface area contributed by atoms with E-state index in [0.717, 1.165) is 11.4 Å². The summed E-state index contributed by atoms with van der Waals surface area (Å²) in [4.78, 5) is 4.32. The van der Waals surface area contributed by atoms with Gasteiger partial charge in [-0.25, -0.2) is 0 Å². The predicted octanol–water partition coefficient (Wildman–Crippen LogP) is 2.96. The molecular formula is C15H15N3O. The van der Waals surface area contributed by atoms with Crippen LogP contribution in [0, 0.1) is 11.3 Å². The van der Waals surface area contributed by atoms with Crippen LogP contribution in [-0.4, -0.2) is 11.6 Å². The van der Waals surface area contributed by atoms with E-state index < -0.39 is 0 Å². The summed E-state index contributed by atoms with van der Waals surface area (Å²) in [5, 5.41) is 12.1. The van der Waals surface area contributed by atoms with Gasteiger partial charge >= 0.3 is 0 Å². The monoisotopic (exact) mass is 253 g/mol. The zero-order valence-electron chi connectivity index (χ0n) is 10.8. The third-order valence-electron chi connectivity index (χ3n) is 2.55. The summed E-state index contributed by atoms with van der Waals surface area (Å²) >= 11 is 0. The molecule has 0 saturated carbocycles. The van der Waals surface area contributed by atoms with Gasteiger partial charge in [-0.1, -0.05) is 18.2 Å². The minimum absolute atomic E-state index is 0.598. The highest BCUT2D eigenvalue weighted by Crippen LogP contribution is 2.13. The molecule has 0 aliphatic heterocycles. The number of benzene rings is 1. The van der Waals surface area contributed by atoms with Crippen LogP contribution in [0.5, 0.6) is 5.88 Å². The molecule has 0 amide bonds. The molecule has 1 aromatic heterocycles. The van der Waals surface area contributed by atoms with Crippen molar-refractivity contribution in [3.05, 3.63) is 53.6 Å². The van der Waals surface area contributed by atoms with E-state index in [1.807, 2.05) is 43.3 Å². The highest BCUT2D eigenvalue weighted by molar-refractivity contribution is 5.39. The fraction of sp³-hybridized carbons (Fsp3) is 0.200. The van der Waals surface area contributed by atoms with Gasteiger partial charge in [0.25, 0.3) is 0 Å². The van der Waals surface area contributed by atoms with Gasteiger partial charge in [0, 0.05) is 12.6 Å². The number of rotatable bonds is 5. The van der Waals surface area contributed by atoms with E-state index in [0.29, 0.717) is 24.6 Å². The van der Waals surface area contributed by atoms with Crippen LogP contribution in [0.25, 0.3) is 0 Å². The SMILES string of the molecule is CCOc1cccc(NCc2cccc(C#N)c2)n1. The van der Waals surface area contributed by atoms with E-state index in [2.05, 4.69) is 16.4 Å². The van der Waals surface area contributed by atoms with Crippen molar-refractivity contribution in [2.24, 2.45) is 0 Å². The Morgan fingerprint density at radius 1 is 1.26 bits per heavy atom. The summed E-state index contributed by atoms with van der Waals surface area (Å²) in [6.07, 6.45) is 0. The Balaban J connectivity index is 2.01. The Labute approximate surface area is 112 Å². The Bertz CT molecular complexity index is 590. The fourth-order valence-electron chi connectivity index (χ4n) is 1.69. The van der Waals surface area contributed by atoms with E-state index >= 15 is 0 Å². The molecule has 96 valence electrons. The maximum absolute atomic E-state index is 8.84. The minimum atomic E-state index is 0.598. The topological polar surface area (TPSA) is 57.9 Å².